The van der Waals surface area contributed by atoms with Crippen LogP contribution in [-0.2, 0) is 28.5 Å². The van der Waals surface area contributed by atoms with Crippen molar-refractivity contribution in [2.75, 3.05) is 13.2 Å². The van der Waals surface area contributed by atoms with Gasteiger partial charge >= 0.3 is 17.7 Å². The zero-order valence-corrected chi connectivity index (χ0v) is 17.2. The van der Waals surface area contributed by atoms with E-state index in [1.54, 1.807) is 0 Å². The monoisotopic (exact) mass is 464 g/mol. The molecule has 8 atom stereocenters. The van der Waals surface area contributed by atoms with Crippen LogP contribution in [0.3, 0.4) is 0 Å². The van der Waals surface area contributed by atoms with Crippen LogP contribution in [0.2, 0.25) is 0 Å². The first kappa shape index (κ1) is 26.2. The van der Waals surface area contributed by atoms with Gasteiger partial charge in [0, 0.05) is 0 Å². The third kappa shape index (κ3) is 5.44. The lowest BCUT2D eigenvalue weighted by Crippen LogP contribution is -2.62. The Hall–Kier alpha value is -2.10. The fraction of sp³-hybridized carbons (Fsp3) is 0.684. The number of ether oxygens (including phenoxy) is 4. The minimum absolute atomic E-state index is 0.0860. The third-order valence-corrected chi connectivity index (χ3v) is 5.05. The number of hydrogen-bond acceptors (Lipinski definition) is 11. The molecule has 2 aliphatic heterocycles. The van der Waals surface area contributed by atoms with E-state index >= 15 is 0 Å². The molecule has 0 aromatic heterocycles. The Bertz CT molecular complexity index is 724. The Morgan fingerprint density at radius 3 is 2.44 bits per heavy atom. The van der Waals surface area contributed by atoms with Gasteiger partial charge in [-0.05, 0) is 19.4 Å². The average molecular weight is 464 g/mol. The van der Waals surface area contributed by atoms with Crippen molar-refractivity contribution in [2.24, 2.45) is 0 Å². The van der Waals surface area contributed by atoms with Crippen molar-refractivity contribution in [3.63, 3.8) is 0 Å². The molecule has 2 aliphatic rings. The van der Waals surface area contributed by atoms with E-state index in [1.807, 2.05) is 0 Å². The highest BCUT2D eigenvalue weighted by atomic mass is 16.7. The maximum atomic E-state index is 11.8. The fourth-order valence-corrected chi connectivity index (χ4v) is 3.29. The first-order valence-electron chi connectivity index (χ1n) is 9.78. The van der Waals surface area contributed by atoms with Crippen molar-refractivity contribution in [1.29, 1.82) is 0 Å². The number of aliphatic hydroxyl groups excluding tert-OH is 5. The summed E-state index contributed by atoms with van der Waals surface area (Å²) >= 11 is 0. The molecule has 2 heterocycles. The van der Waals surface area contributed by atoms with Crippen LogP contribution in [0.5, 0.6) is 0 Å². The second-order valence-electron chi connectivity index (χ2n) is 7.39. The number of aliphatic hydroxyl groups is 5. The van der Waals surface area contributed by atoms with Gasteiger partial charge in [-0.25, -0.2) is 9.59 Å². The summed E-state index contributed by atoms with van der Waals surface area (Å²) in [7, 11) is 0. The van der Waals surface area contributed by atoms with Crippen LogP contribution in [-0.4, -0.2) is 109 Å². The van der Waals surface area contributed by atoms with Crippen LogP contribution >= 0.6 is 0 Å². The van der Waals surface area contributed by atoms with Gasteiger partial charge in [-0.3, -0.25) is 0 Å². The minimum atomic E-state index is -2.44. The Morgan fingerprint density at radius 2 is 1.88 bits per heavy atom. The number of allylic oxidation sites excluding steroid dienone is 1. The molecule has 0 aliphatic carbocycles. The number of aliphatic carboxylic acids is 2. The Balaban J connectivity index is 2.19. The zero-order chi connectivity index (χ0) is 24.1. The van der Waals surface area contributed by atoms with E-state index < -0.39 is 79.8 Å². The highest BCUT2D eigenvalue weighted by Crippen LogP contribution is 2.34. The van der Waals surface area contributed by atoms with Gasteiger partial charge in [0.25, 0.3) is 5.79 Å². The van der Waals surface area contributed by atoms with Crippen LogP contribution < -0.4 is 0 Å². The van der Waals surface area contributed by atoms with E-state index in [0.717, 1.165) is 12.3 Å². The zero-order valence-electron chi connectivity index (χ0n) is 17.2. The van der Waals surface area contributed by atoms with E-state index in [2.05, 4.69) is 0 Å². The fourth-order valence-electron chi connectivity index (χ4n) is 3.29. The highest BCUT2D eigenvalue weighted by Gasteiger charge is 2.55. The quantitative estimate of drug-likeness (QED) is 0.134. The van der Waals surface area contributed by atoms with Gasteiger partial charge in [-0.1, -0.05) is 12.2 Å². The molecule has 1 saturated heterocycles. The standard InChI is InChI=1S/C19H28O13/c1-2-6-29-19(17(27)28)7-10(21)14(24)15(32-19)12(23)9-30-18(16(25)26)5-3-4-13(31-18)11(22)8-20/h2-3,5-6,10-15,20-24H,4,7-9H2,1H3,(H,25,26)(H,27,28)/b6-2-/t10-,11-,12-,13+,14-,15-,18-,19-/m1/s1. The molecule has 182 valence electrons. The lowest BCUT2D eigenvalue weighted by molar-refractivity contribution is -0.316. The van der Waals surface area contributed by atoms with Crippen LogP contribution in [0, 0.1) is 0 Å². The summed E-state index contributed by atoms with van der Waals surface area (Å²) in [4.78, 5) is 23.5. The van der Waals surface area contributed by atoms with Crippen molar-refractivity contribution in [1.82, 2.24) is 0 Å². The molecule has 13 heteroatoms. The summed E-state index contributed by atoms with van der Waals surface area (Å²) in [5, 5.41) is 68.8. The van der Waals surface area contributed by atoms with E-state index in [9.17, 15) is 40.2 Å². The molecule has 0 aromatic carbocycles. The summed E-state index contributed by atoms with van der Waals surface area (Å²) in [6.07, 6.45) is -5.30. The van der Waals surface area contributed by atoms with Crippen LogP contribution in [0.25, 0.3) is 0 Å². The molecule has 7 N–H and O–H groups in total. The second kappa shape index (κ2) is 10.7. The Kier molecular flexibility index (Phi) is 8.73. The molecule has 0 bridgehead atoms. The molecule has 0 unspecified atom stereocenters. The van der Waals surface area contributed by atoms with Crippen molar-refractivity contribution >= 4 is 11.9 Å². The summed E-state index contributed by atoms with van der Waals surface area (Å²) in [6.45, 7) is 0.000495. The molecule has 1 fully saturated rings. The normalized spacial score (nSPS) is 37.2. The first-order chi connectivity index (χ1) is 15.0. The molecule has 32 heavy (non-hydrogen) atoms. The van der Waals surface area contributed by atoms with Crippen LogP contribution in [0.4, 0.5) is 0 Å². The first-order valence-corrected chi connectivity index (χ1v) is 9.78. The maximum Gasteiger partial charge on any atom is 0.377 e. The molecular weight excluding hydrogens is 436 g/mol. The van der Waals surface area contributed by atoms with Gasteiger partial charge < -0.3 is 54.7 Å². The van der Waals surface area contributed by atoms with Gasteiger partial charge in [-0.2, -0.15) is 0 Å². The topological polar surface area (TPSA) is 213 Å². The highest BCUT2D eigenvalue weighted by molar-refractivity contribution is 5.78. The molecule has 0 amide bonds. The Morgan fingerprint density at radius 1 is 1.19 bits per heavy atom. The summed E-state index contributed by atoms with van der Waals surface area (Å²) in [5.74, 6) is -8.11. The van der Waals surface area contributed by atoms with Gasteiger partial charge in [0.2, 0.25) is 0 Å². The van der Waals surface area contributed by atoms with E-state index in [-0.39, 0.29) is 6.42 Å². The van der Waals surface area contributed by atoms with Gasteiger partial charge in [0.15, 0.2) is 0 Å². The number of carboxylic acids is 2. The number of hydrogen-bond donors (Lipinski definition) is 7. The molecular formula is C19H28O13. The maximum absolute atomic E-state index is 11.8. The average Bonchev–Trinajstić information content (AvgIpc) is 2.77. The van der Waals surface area contributed by atoms with Crippen molar-refractivity contribution < 1.29 is 64.3 Å². The van der Waals surface area contributed by atoms with Gasteiger partial charge in [0.1, 0.15) is 24.4 Å². The van der Waals surface area contributed by atoms with Crippen LogP contribution in [0.15, 0.2) is 24.5 Å². The van der Waals surface area contributed by atoms with E-state index in [1.165, 1.54) is 19.1 Å². The molecule has 0 aromatic rings. The third-order valence-electron chi connectivity index (χ3n) is 5.05. The van der Waals surface area contributed by atoms with Crippen LogP contribution in [0.1, 0.15) is 19.8 Å². The summed E-state index contributed by atoms with van der Waals surface area (Å²) in [6, 6.07) is 0. The predicted octanol–water partition coefficient (Wildman–Crippen LogP) is -2.32. The predicted molar refractivity (Wildman–Crippen MR) is 102 cm³/mol. The molecule has 13 nitrogen and oxygen atoms in total. The van der Waals surface area contributed by atoms with E-state index in [0.29, 0.717) is 0 Å². The SMILES string of the molecule is C/C=C\O[C@]1(C(=O)O)C[C@@H](O)[C@@H](O)[C@@H]([C@H](O)CO[C@]2(C(=O)O)C=CC[C@@H]([C@H](O)CO)O2)O1. The number of rotatable bonds is 10. The van der Waals surface area contributed by atoms with Crippen molar-refractivity contribution in [2.45, 2.75) is 68.0 Å². The lowest BCUT2D eigenvalue weighted by atomic mass is 9.92. The van der Waals surface area contributed by atoms with Gasteiger partial charge in [-0.15, -0.1) is 0 Å². The Labute approximate surface area is 182 Å². The largest absolute Gasteiger partial charge is 0.477 e. The summed E-state index contributed by atoms with van der Waals surface area (Å²) < 4.78 is 20.9. The molecule has 0 saturated carbocycles. The molecule has 0 radical (unpaired) electrons. The summed E-state index contributed by atoms with van der Waals surface area (Å²) in [5.41, 5.74) is 0. The number of carbonyl (C=O) groups is 2. The molecule has 0 spiro atoms. The lowest BCUT2D eigenvalue weighted by Gasteiger charge is -2.43. The van der Waals surface area contributed by atoms with E-state index in [4.69, 9.17) is 24.1 Å². The van der Waals surface area contributed by atoms with Crippen molar-refractivity contribution in [3.05, 3.63) is 24.5 Å². The smallest absolute Gasteiger partial charge is 0.377 e. The second-order valence-corrected chi connectivity index (χ2v) is 7.39. The van der Waals surface area contributed by atoms with Crippen molar-refractivity contribution in [3.8, 4) is 0 Å². The minimum Gasteiger partial charge on any atom is -0.477 e. The van der Waals surface area contributed by atoms with Gasteiger partial charge in [0.05, 0.1) is 38.1 Å². The number of carboxylic acid groups (broad SMARTS) is 2. The molecule has 2 rings (SSSR count).